The van der Waals surface area contributed by atoms with Gasteiger partial charge in [-0.15, -0.1) is 0 Å². The third kappa shape index (κ3) is 6.95. The highest BCUT2D eigenvalue weighted by atomic mass is 16.7. The van der Waals surface area contributed by atoms with Crippen molar-refractivity contribution in [2.45, 2.75) is 19.8 Å². The first kappa shape index (κ1) is 15.6. The first-order chi connectivity index (χ1) is 8.65. The second-order valence-corrected chi connectivity index (χ2v) is 2.94. The summed E-state index contributed by atoms with van der Waals surface area (Å²) in [5.74, 6) is -1.56. The monoisotopic (exact) mass is 250 g/mol. The predicted octanol–water partition coefficient (Wildman–Crippen LogP) is 1.49. The van der Waals surface area contributed by atoms with Gasteiger partial charge in [0.1, 0.15) is 6.07 Å². The van der Waals surface area contributed by atoms with E-state index in [0.717, 1.165) is 0 Å². The molecule has 96 valence electrons. The Balaban J connectivity index is 4.21. The minimum absolute atomic E-state index is 0.0926. The quantitative estimate of drug-likeness (QED) is 0.224. The Morgan fingerprint density at radius 3 is 2.78 bits per heavy atom. The molecule has 0 bridgehead atoms. The number of nitriles is 1. The van der Waals surface area contributed by atoms with E-state index in [2.05, 4.69) is 21.3 Å². The number of esters is 1. The number of carbonyl (C=O) groups is 2. The van der Waals surface area contributed by atoms with E-state index in [9.17, 15) is 9.59 Å². The zero-order chi connectivity index (χ0) is 13.8. The van der Waals surface area contributed by atoms with Gasteiger partial charge in [-0.25, -0.2) is 9.59 Å². The molecular weight excluding hydrogens is 236 g/mol. The fourth-order valence-electron chi connectivity index (χ4n) is 0.839. The van der Waals surface area contributed by atoms with Crippen LogP contribution in [0, 0.1) is 11.3 Å². The molecule has 6 nitrogen and oxygen atoms in total. The normalized spacial score (nSPS) is 10.8. The summed E-state index contributed by atoms with van der Waals surface area (Å²) in [5.41, 5.74) is -0.591. The molecule has 0 radical (unpaired) electrons. The van der Waals surface area contributed by atoms with E-state index in [1.807, 2.05) is 0 Å². The summed E-state index contributed by atoms with van der Waals surface area (Å²) >= 11 is 0. The van der Waals surface area contributed by atoms with Gasteiger partial charge < -0.3 is 9.57 Å². The highest BCUT2D eigenvalue weighted by molar-refractivity contribution is 6.42. The fraction of sp³-hybridized carbons (Fsp3) is 0.333. The molecule has 0 atom stereocenters. The standard InChI is InChI=1S/C12H14N2O4/c1-3-5-6-7-8-11(15)18-14-10(9-13)12(16)17-4-2/h3,5-6H,1,4,7-8H2,2H3/b6-5+,14-10+. The second kappa shape index (κ2) is 9.78. The third-order valence-electron chi connectivity index (χ3n) is 1.60. The molecule has 0 aliphatic rings. The van der Waals surface area contributed by atoms with E-state index in [1.165, 1.54) is 6.07 Å². The van der Waals surface area contributed by atoms with Crippen LogP contribution in [0.25, 0.3) is 0 Å². The maximum absolute atomic E-state index is 11.2. The maximum atomic E-state index is 11.2. The summed E-state index contributed by atoms with van der Waals surface area (Å²) in [4.78, 5) is 26.7. The van der Waals surface area contributed by atoms with Crippen molar-refractivity contribution in [1.82, 2.24) is 0 Å². The minimum Gasteiger partial charge on any atom is -0.461 e. The lowest BCUT2D eigenvalue weighted by atomic mass is 10.3. The van der Waals surface area contributed by atoms with Crippen LogP contribution in [0.5, 0.6) is 0 Å². The molecule has 0 N–H and O–H groups in total. The lowest BCUT2D eigenvalue weighted by molar-refractivity contribution is -0.143. The van der Waals surface area contributed by atoms with Crippen molar-refractivity contribution in [1.29, 1.82) is 5.26 Å². The molecule has 0 rings (SSSR count). The van der Waals surface area contributed by atoms with Gasteiger partial charge in [0.05, 0.1) is 13.0 Å². The Bertz CT molecular complexity index is 405. The average Bonchev–Trinajstić information content (AvgIpc) is 2.36. The summed E-state index contributed by atoms with van der Waals surface area (Å²) in [6.45, 7) is 5.17. The molecule has 18 heavy (non-hydrogen) atoms. The number of rotatable bonds is 7. The van der Waals surface area contributed by atoms with Crippen LogP contribution < -0.4 is 0 Å². The van der Waals surface area contributed by atoms with E-state index in [4.69, 9.17) is 5.26 Å². The summed E-state index contributed by atoms with van der Waals surface area (Å²) in [5, 5.41) is 11.7. The number of oxime groups is 1. The van der Waals surface area contributed by atoms with Crippen molar-refractivity contribution in [2.75, 3.05) is 6.61 Å². The van der Waals surface area contributed by atoms with E-state index in [0.29, 0.717) is 6.42 Å². The van der Waals surface area contributed by atoms with Gasteiger partial charge in [0.25, 0.3) is 5.71 Å². The number of ether oxygens (including phenoxy) is 1. The predicted molar refractivity (Wildman–Crippen MR) is 64.3 cm³/mol. The second-order valence-electron chi connectivity index (χ2n) is 2.94. The van der Waals surface area contributed by atoms with Crippen molar-refractivity contribution in [3.05, 3.63) is 24.8 Å². The number of hydrogen-bond donors (Lipinski definition) is 0. The fourth-order valence-corrected chi connectivity index (χ4v) is 0.839. The van der Waals surface area contributed by atoms with Crippen molar-refractivity contribution in [2.24, 2.45) is 5.16 Å². The topological polar surface area (TPSA) is 88.8 Å². The minimum atomic E-state index is -0.917. The number of carbonyl (C=O) groups excluding carboxylic acids is 2. The van der Waals surface area contributed by atoms with Crippen molar-refractivity contribution in [3.8, 4) is 6.07 Å². The van der Waals surface area contributed by atoms with Gasteiger partial charge in [-0.3, -0.25) is 0 Å². The van der Waals surface area contributed by atoms with Crippen LogP contribution in [0.15, 0.2) is 30.0 Å². The molecule has 0 heterocycles. The van der Waals surface area contributed by atoms with Crippen LogP contribution in [0.2, 0.25) is 0 Å². The van der Waals surface area contributed by atoms with E-state index >= 15 is 0 Å². The molecular formula is C12H14N2O4. The lowest BCUT2D eigenvalue weighted by Gasteiger charge is -1.98. The van der Waals surface area contributed by atoms with Crippen LogP contribution in [-0.2, 0) is 19.2 Å². The van der Waals surface area contributed by atoms with Crippen LogP contribution in [0.1, 0.15) is 19.8 Å². The number of nitrogens with zero attached hydrogens (tertiary/aromatic N) is 2. The summed E-state index contributed by atoms with van der Waals surface area (Å²) in [7, 11) is 0. The first-order valence-electron chi connectivity index (χ1n) is 5.28. The maximum Gasteiger partial charge on any atom is 0.371 e. The van der Waals surface area contributed by atoms with Crippen LogP contribution in [0.4, 0.5) is 0 Å². The number of allylic oxidation sites excluding steroid dienone is 3. The van der Waals surface area contributed by atoms with Gasteiger partial charge in [-0.2, -0.15) is 5.26 Å². The summed E-state index contributed by atoms with van der Waals surface area (Å²) in [6.07, 6.45) is 5.56. The molecule has 0 saturated heterocycles. The molecule has 0 spiro atoms. The van der Waals surface area contributed by atoms with Gasteiger partial charge in [0.2, 0.25) is 0 Å². The smallest absolute Gasteiger partial charge is 0.371 e. The Kier molecular flexibility index (Phi) is 8.47. The highest BCUT2D eigenvalue weighted by Crippen LogP contribution is 1.96. The lowest BCUT2D eigenvalue weighted by Crippen LogP contribution is -2.16. The Morgan fingerprint density at radius 2 is 2.22 bits per heavy atom. The Morgan fingerprint density at radius 1 is 1.50 bits per heavy atom. The molecule has 0 unspecified atom stereocenters. The van der Waals surface area contributed by atoms with E-state index in [1.54, 1.807) is 25.2 Å². The largest absolute Gasteiger partial charge is 0.461 e. The Hall–Kier alpha value is -2.42. The zero-order valence-electron chi connectivity index (χ0n) is 10.1. The Labute approximate surface area is 105 Å². The van der Waals surface area contributed by atoms with Gasteiger partial charge in [-0.05, 0) is 13.3 Å². The molecule has 0 aromatic heterocycles. The van der Waals surface area contributed by atoms with Crippen molar-refractivity contribution in [3.63, 3.8) is 0 Å². The number of hydrogen-bond acceptors (Lipinski definition) is 6. The molecule has 0 aromatic carbocycles. The van der Waals surface area contributed by atoms with Crippen LogP contribution in [0.3, 0.4) is 0 Å². The molecule has 0 fully saturated rings. The van der Waals surface area contributed by atoms with Crippen LogP contribution in [-0.4, -0.2) is 24.3 Å². The molecule has 0 amide bonds. The molecule has 0 aliphatic heterocycles. The molecule has 6 heteroatoms. The van der Waals surface area contributed by atoms with Crippen molar-refractivity contribution < 1.29 is 19.2 Å². The van der Waals surface area contributed by atoms with E-state index in [-0.39, 0.29) is 13.0 Å². The summed E-state index contributed by atoms with van der Waals surface area (Å²) < 4.78 is 4.53. The van der Waals surface area contributed by atoms with Gasteiger partial charge in [0.15, 0.2) is 0 Å². The first-order valence-corrected chi connectivity index (χ1v) is 5.28. The van der Waals surface area contributed by atoms with Gasteiger partial charge in [-0.1, -0.05) is 30.0 Å². The van der Waals surface area contributed by atoms with Crippen molar-refractivity contribution >= 4 is 17.7 Å². The average molecular weight is 250 g/mol. The highest BCUT2D eigenvalue weighted by Gasteiger charge is 2.13. The molecule has 0 aliphatic carbocycles. The molecule has 0 aromatic rings. The summed E-state index contributed by atoms with van der Waals surface area (Å²) in [6, 6.07) is 1.49. The zero-order valence-corrected chi connectivity index (χ0v) is 10.1. The third-order valence-corrected chi connectivity index (χ3v) is 1.60. The van der Waals surface area contributed by atoms with E-state index < -0.39 is 17.7 Å². The SMILES string of the molecule is C=C/C=C/CCC(=O)O/N=C(\C#N)C(=O)OCC. The molecule has 0 saturated carbocycles. The van der Waals surface area contributed by atoms with Gasteiger partial charge in [0, 0.05) is 0 Å². The van der Waals surface area contributed by atoms with Gasteiger partial charge >= 0.3 is 11.9 Å². The van der Waals surface area contributed by atoms with Crippen LogP contribution >= 0.6 is 0 Å².